The summed E-state index contributed by atoms with van der Waals surface area (Å²) in [6.45, 7) is 2.32. The number of ether oxygens (including phenoxy) is 1. The fourth-order valence-corrected chi connectivity index (χ4v) is 5.96. The SMILES string of the molecule is COC1C(O)C[C@H]2[C@@H]3CCc4cc(O)ccc4[C@H]3CC[C@]12C. The maximum absolute atomic E-state index is 10.4. The Labute approximate surface area is 132 Å². The first-order valence-electron chi connectivity index (χ1n) is 8.57. The lowest BCUT2D eigenvalue weighted by Crippen LogP contribution is -2.45. The molecule has 3 heteroatoms. The van der Waals surface area contributed by atoms with E-state index in [9.17, 15) is 10.2 Å². The molecule has 2 fully saturated rings. The zero-order chi connectivity index (χ0) is 15.5. The average Bonchev–Trinajstić information content (AvgIpc) is 2.76. The Bertz CT molecular complexity index is 584. The summed E-state index contributed by atoms with van der Waals surface area (Å²) < 4.78 is 5.68. The van der Waals surface area contributed by atoms with Crippen molar-refractivity contribution in [3.05, 3.63) is 29.3 Å². The molecule has 2 N–H and O–H groups in total. The van der Waals surface area contributed by atoms with Gasteiger partial charge in [0.05, 0.1) is 12.2 Å². The highest BCUT2D eigenvalue weighted by Crippen LogP contribution is 2.61. The average molecular weight is 302 g/mol. The van der Waals surface area contributed by atoms with Crippen molar-refractivity contribution in [3.63, 3.8) is 0 Å². The van der Waals surface area contributed by atoms with Crippen molar-refractivity contribution in [2.45, 2.75) is 57.2 Å². The van der Waals surface area contributed by atoms with Gasteiger partial charge in [-0.05, 0) is 78.5 Å². The van der Waals surface area contributed by atoms with Gasteiger partial charge >= 0.3 is 0 Å². The van der Waals surface area contributed by atoms with Crippen LogP contribution in [0, 0.1) is 17.3 Å². The molecule has 0 bridgehead atoms. The molecule has 2 saturated carbocycles. The molecule has 0 saturated heterocycles. The lowest BCUT2D eigenvalue weighted by atomic mass is 9.55. The van der Waals surface area contributed by atoms with Crippen molar-refractivity contribution in [2.75, 3.05) is 7.11 Å². The number of hydrogen-bond donors (Lipinski definition) is 2. The standard InChI is InChI=1S/C19H26O3/c1-19-8-7-14-13-6-4-12(20)9-11(13)3-5-15(14)16(19)10-17(21)18(19)22-2/h4,6,9,14-18,20-21H,3,5,7-8,10H2,1-2H3/t14-,15-,16+,17?,18?,19+/m1/s1. The second kappa shape index (κ2) is 4.97. The van der Waals surface area contributed by atoms with E-state index in [1.165, 1.54) is 24.0 Å². The number of rotatable bonds is 1. The monoisotopic (exact) mass is 302 g/mol. The van der Waals surface area contributed by atoms with Crippen LogP contribution < -0.4 is 0 Å². The van der Waals surface area contributed by atoms with E-state index in [-0.39, 0.29) is 17.6 Å². The highest BCUT2D eigenvalue weighted by Gasteiger charge is 2.58. The number of aliphatic hydroxyl groups excluding tert-OH is 1. The van der Waals surface area contributed by atoms with Crippen LogP contribution >= 0.6 is 0 Å². The van der Waals surface area contributed by atoms with Gasteiger partial charge in [0.15, 0.2) is 0 Å². The van der Waals surface area contributed by atoms with Crippen LogP contribution in [0.1, 0.15) is 49.7 Å². The normalized spacial score (nSPS) is 43.3. The highest BCUT2D eigenvalue weighted by atomic mass is 16.5. The highest BCUT2D eigenvalue weighted by molar-refractivity contribution is 5.40. The smallest absolute Gasteiger partial charge is 0.115 e. The molecule has 0 amide bonds. The van der Waals surface area contributed by atoms with Gasteiger partial charge in [-0.2, -0.15) is 0 Å². The fraction of sp³-hybridized carbons (Fsp3) is 0.684. The molecule has 0 aromatic heterocycles. The van der Waals surface area contributed by atoms with Crippen molar-refractivity contribution in [1.82, 2.24) is 0 Å². The first-order chi connectivity index (χ1) is 10.5. The first-order valence-corrected chi connectivity index (χ1v) is 8.57. The minimum absolute atomic E-state index is 0.0142. The second-order valence-electron chi connectivity index (χ2n) is 7.80. The van der Waals surface area contributed by atoms with Gasteiger partial charge in [-0.25, -0.2) is 0 Å². The van der Waals surface area contributed by atoms with Crippen LogP contribution in [0.2, 0.25) is 0 Å². The Morgan fingerprint density at radius 1 is 1.27 bits per heavy atom. The van der Waals surface area contributed by atoms with E-state index in [0.717, 1.165) is 19.3 Å². The van der Waals surface area contributed by atoms with E-state index in [4.69, 9.17) is 4.74 Å². The molecule has 2 unspecified atom stereocenters. The van der Waals surface area contributed by atoms with Gasteiger partial charge in [-0.1, -0.05) is 13.0 Å². The van der Waals surface area contributed by atoms with Gasteiger partial charge in [-0.15, -0.1) is 0 Å². The number of aromatic hydroxyl groups is 1. The number of hydrogen-bond acceptors (Lipinski definition) is 3. The third-order valence-electron chi connectivity index (χ3n) is 6.90. The summed E-state index contributed by atoms with van der Waals surface area (Å²) in [6, 6.07) is 5.90. The summed E-state index contributed by atoms with van der Waals surface area (Å²) >= 11 is 0. The third-order valence-corrected chi connectivity index (χ3v) is 6.90. The lowest BCUT2D eigenvalue weighted by molar-refractivity contribution is -0.0741. The number of benzene rings is 1. The zero-order valence-electron chi connectivity index (χ0n) is 13.5. The zero-order valence-corrected chi connectivity index (χ0v) is 13.5. The summed E-state index contributed by atoms with van der Waals surface area (Å²) in [5.41, 5.74) is 2.88. The van der Waals surface area contributed by atoms with Crippen LogP contribution in [-0.4, -0.2) is 29.5 Å². The maximum Gasteiger partial charge on any atom is 0.115 e. The van der Waals surface area contributed by atoms with Crippen molar-refractivity contribution in [1.29, 1.82) is 0 Å². The summed E-state index contributed by atoms with van der Waals surface area (Å²) in [4.78, 5) is 0. The third kappa shape index (κ3) is 1.88. The predicted molar refractivity (Wildman–Crippen MR) is 84.9 cm³/mol. The summed E-state index contributed by atoms with van der Waals surface area (Å²) in [7, 11) is 1.74. The number of phenolic OH excluding ortho intramolecular Hbond substituents is 1. The van der Waals surface area contributed by atoms with E-state index in [2.05, 4.69) is 13.0 Å². The maximum atomic E-state index is 10.4. The van der Waals surface area contributed by atoms with Gasteiger partial charge in [0.25, 0.3) is 0 Å². The van der Waals surface area contributed by atoms with Crippen LogP contribution in [0.25, 0.3) is 0 Å². The van der Waals surface area contributed by atoms with E-state index in [0.29, 0.717) is 23.5 Å². The molecule has 0 aliphatic heterocycles. The van der Waals surface area contributed by atoms with Gasteiger partial charge in [0, 0.05) is 7.11 Å². The Morgan fingerprint density at radius 2 is 2.09 bits per heavy atom. The Morgan fingerprint density at radius 3 is 2.86 bits per heavy atom. The van der Waals surface area contributed by atoms with E-state index >= 15 is 0 Å². The van der Waals surface area contributed by atoms with Crippen molar-refractivity contribution in [2.24, 2.45) is 17.3 Å². The Hall–Kier alpha value is -1.06. The van der Waals surface area contributed by atoms with Crippen LogP contribution in [0.15, 0.2) is 18.2 Å². The molecular formula is C19H26O3. The molecule has 0 radical (unpaired) electrons. The van der Waals surface area contributed by atoms with Crippen LogP contribution in [0.3, 0.4) is 0 Å². The molecule has 0 spiro atoms. The molecule has 22 heavy (non-hydrogen) atoms. The second-order valence-corrected chi connectivity index (χ2v) is 7.80. The summed E-state index contributed by atoms with van der Waals surface area (Å²) in [5.74, 6) is 2.16. The Kier molecular flexibility index (Phi) is 3.28. The number of phenols is 1. The quantitative estimate of drug-likeness (QED) is 0.837. The van der Waals surface area contributed by atoms with Crippen LogP contribution in [0.4, 0.5) is 0 Å². The molecule has 1 aromatic rings. The molecule has 3 aliphatic carbocycles. The van der Waals surface area contributed by atoms with E-state index in [1.807, 2.05) is 12.1 Å². The van der Waals surface area contributed by atoms with E-state index < -0.39 is 0 Å². The minimum Gasteiger partial charge on any atom is -0.508 e. The fourth-order valence-electron chi connectivity index (χ4n) is 5.96. The number of fused-ring (bicyclic) bond motifs is 5. The number of aliphatic hydroxyl groups is 1. The van der Waals surface area contributed by atoms with Crippen molar-refractivity contribution >= 4 is 0 Å². The lowest BCUT2D eigenvalue weighted by Gasteiger charge is -2.50. The van der Waals surface area contributed by atoms with Gasteiger partial charge in [0.1, 0.15) is 5.75 Å². The topological polar surface area (TPSA) is 49.7 Å². The summed E-state index contributed by atoms with van der Waals surface area (Å²) in [6.07, 6.45) is 5.05. The number of aryl methyl sites for hydroxylation is 1. The predicted octanol–water partition coefficient (Wildman–Crippen LogP) is 3.23. The molecular weight excluding hydrogens is 276 g/mol. The first kappa shape index (κ1) is 14.5. The van der Waals surface area contributed by atoms with E-state index in [1.54, 1.807) is 7.11 Å². The molecule has 3 nitrogen and oxygen atoms in total. The molecule has 6 atom stereocenters. The van der Waals surface area contributed by atoms with Gasteiger partial charge in [0.2, 0.25) is 0 Å². The minimum atomic E-state index is -0.319. The van der Waals surface area contributed by atoms with Gasteiger partial charge in [-0.3, -0.25) is 0 Å². The number of methoxy groups -OCH3 is 1. The Balaban J connectivity index is 1.69. The van der Waals surface area contributed by atoms with Crippen molar-refractivity contribution in [3.8, 4) is 5.75 Å². The molecule has 120 valence electrons. The molecule has 4 rings (SSSR count). The van der Waals surface area contributed by atoms with Gasteiger partial charge < -0.3 is 14.9 Å². The molecule has 3 aliphatic rings. The van der Waals surface area contributed by atoms with Crippen LogP contribution in [-0.2, 0) is 11.2 Å². The largest absolute Gasteiger partial charge is 0.508 e. The van der Waals surface area contributed by atoms with Crippen molar-refractivity contribution < 1.29 is 14.9 Å². The summed E-state index contributed by atoms with van der Waals surface area (Å²) in [5, 5.41) is 20.2. The molecule has 0 heterocycles. The van der Waals surface area contributed by atoms with Crippen LogP contribution in [0.5, 0.6) is 5.75 Å². The molecule has 1 aromatic carbocycles.